The molecule has 0 spiro atoms. The van der Waals surface area contributed by atoms with E-state index in [4.69, 9.17) is 9.47 Å². The number of rotatable bonds is 7. The third kappa shape index (κ3) is 5.43. The van der Waals surface area contributed by atoms with E-state index in [1.807, 2.05) is 49.4 Å². The van der Waals surface area contributed by atoms with Crippen molar-refractivity contribution in [3.8, 4) is 17.6 Å². The van der Waals surface area contributed by atoms with E-state index in [0.717, 1.165) is 16.5 Å². The van der Waals surface area contributed by atoms with Gasteiger partial charge in [-0.25, -0.2) is 0 Å². The van der Waals surface area contributed by atoms with Gasteiger partial charge in [0, 0.05) is 5.69 Å². The zero-order valence-corrected chi connectivity index (χ0v) is 19.0. The molecule has 4 aromatic rings. The maximum Gasteiger partial charge on any atom is 0.266 e. The Balaban J connectivity index is 1.49. The van der Waals surface area contributed by atoms with Gasteiger partial charge >= 0.3 is 0 Å². The predicted octanol–water partition coefficient (Wildman–Crippen LogP) is 6.28. The second-order valence-corrected chi connectivity index (χ2v) is 7.87. The average Bonchev–Trinajstić information content (AvgIpc) is 2.86. The minimum absolute atomic E-state index is 0.00612. The van der Waals surface area contributed by atoms with Crippen molar-refractivity contribution < 1.29 is 14.3 Å². The molecule has 1 amide bonds. The van der Waals surface area contributed by atoms with E-state index in [1.165, 1.54) is 11.5 Å². The number of benzene rings is 4. The summed E-state index contributed by atoms with van der Waals surface area (Å²) < 4.78 is 11.5. The molecule has 34 heavy (non-hydrogen) atoms. The zero-order chi connectivity index (χ0) is 23.9. The van der Waals surface area contributed by atoms with Gasteiger partial charge in [-0.1, -0.05) is 54.6 Å². The highest BCUT2D eigenvalue weighted by molar-refractivity contribution is 6.09. The van der Waals surface area contributed by atoms with Gasteiger partial charge in [0.05, 0.1) is 7.11 Å². The lowest BCUT2D eigenvalue weighted by molar-refractivity contribution is -0.112. The molecule has 0 radical (unpaired) electrons. The van der Waals surface area contributed by atoms with Gasteiger partial charge in [0.2, 0.25) is 0 Å². The molecule has 5 nitrogen and oxygen atoms in total. The van der Waals surface area contributed by atoms with Crippen molar-refractivity contribution in [3.05, 3.63) is 107 Å². The molecule has 4 rings (SSSR count). The number of ether oxygens (including phenoxy) is 2. The summed E-state index contributed by atoms with van der Waals surface area (Å²) in [6.07, 6.45) is 1.53. The molecule has 0 aliphatic heterocycles. The predicted molar refractivity (Wildman–Crippen MR) is 135 cm³/mol. The Morgan fingerprint density at radius 2 is 1.76 bits per heavy atom. The number of nitriles is 1. The van der Waals surface area contributed by atoms with Crippen LogP contribution in [0.25, 0.3) is 16.8 Å². The quantitative estimate of drug-likeness (QED) is 0.267. The van der Waals surface area contributed by atoms with Gasteiger partial charge in [-0.2, -0.15) is 5.26 Å². The molecule has 168 valence electrons. The Morgan fingerprint density at radius 3 is 2.53 bits per heavy atom. The van der Waals surface area contributed by atoms with Gasteiger partial charge in [-0.3, -0.25) is 4.79 Å². The maximum absolute atomic E-state index is 12.6. The molecule has 0 bridgehead atoms. The normalized spacial score (nSPS) is 11.0. The maximum atomic E-state index is 12.6. The van der Waals surface area contributed by atoms with Crippen LogP contribution in [0.5, 0.6) is 11.5 Å². The SMILES string of the molecule is COc1cc(/C=C(/C#N)C(=O)Nc2cccc(C)c2)ccc1OCc1ccc2ccccc2c1. The van der Waals surface area contributed by atoms with Gasteiger partial charge in [0.1, 0.15) is 18.2 Å². The number of nitrogens with one attached hydrogen (secondary N) is 1. The fraction of sp³-hybridized carbons (Fsp3) is 0.103. The monoisotopic (exact) mass is 448 g/mol. The van der Waals surface area contributed by atoms with Crippen LogP contribution in [0.3, 0.4) is 0 Å². The zero-order valence-electron chi connectivity index (χ0n) is 19.0. The van der Waals surface area contributed by atoms with Gasteiger partial charge < -0.3 is 14.8 Å². The molecular weight excluding hydrogens is 424 g/mol. The van der Waals surface area contributed by atoms with Crippen molar-refractivity contribution in [2.24, 2.45) is 0 Å². The van der Waals surface area contributed by atoms with Crippen molar-refractivity contribution in [1.29, 1.82) is 5.26 Å². The van der Waals surface area contributed by atoms with E-state index in [-0.39, 0.29) is 5.57 Å². The third-order valence-electron chi connectivity index (χ3n) is 5.35. The van der Waals surface area contributed by atoms with Gasteiger partial charge in [-0.05, 0) is 70.8 Å². The van der Waals surface area contributed by atoms with Crippen LogP contribution in [0.2, 0.25) is 0 Å². The molecule has 0 atom stereocenters. The largest absolute Gasteiger partial charge is 0.493 e. The Labute approximate surface area is 198 Å². The van der Waals surface area contributed by atoms with Crippen LogP contribution in [-0.2, 0) is 11.4 Å². The highest BCUT2D eigenvalue weighted by atomic mass is 16.5. The second-order valence-electron chi connectivity index (χ2n) is 7.87. The molecular formula is C29H24N2O3. The van der Waals surface area contributed by atoms with Crippen LogP contribution >= 0.6 is 0 Å². The summed E-state index contributed by atoms with van der Waals surface area (Å²) >= 11 is 0. The highest BCUT2D eigenvalue weighted by Crippen LogP contribution is 2.30. The molecule has 1 N–H and O–H groups in total. The van der Waals surface area contributed by atoms with E-state index < -0.39 is 5.91 Å². The van der Waals surface area contributed by atoms with Crippen molar-refractivity contribution >= 4 is 28.4 Å². The minimum atomic E-state index is -0.469. The number of aryl methyl sites for hydroxylation is 1. The van der Waals surface area contributed by atoms with Crippen LogP contribution in [-0.4, -0.2) is 13.0 Å². The molecule has 5 heteroatoms. The topological polar surface area (TPSA) is 71.3 Å². The second kappa shape index (κ2) is 10.4. The van der Waals surface area contributed by atoms with Crippen molar-refractivity contribution in [3.63, 3.8) is 0 Å². The van der Waals surface area contributed by atoms with Gasteiger partial charge in [0.25, 0.3) is 5.91 Å². The molecule has 0 unspecified atom stereocenters. The minimum Gasteiger partial charge on any atom is -0.493 e. The fourth-order valence-corrected chi connectivity index (χ4v) is 3.62. The van der Waals surface area contributed by atoms with Crippen LogP contribution in [0.15, 0.2) is 90.5 Å². The number of nitrogens with zero attached hydrogens (tertiary/aromatic N) is 1. The number of fused-ring (bicyclic) bond motifs is 1. The summed E-state index contributed by atoms with van der Waals surface area (Å²) in [6, 6.07) is 29.1. The third-order valence-corrected chi connectivity index (χ3v) is 5.35. The molecule has 0 aromatic heterocycles. The van der Waals surface area contributed by atoms with Crippen molar-refractivity contribution in [2.75, 3.05) is 12.4 Å². The number of hydrogen-bond donors (Lipinski definition) is 1. The lowest BCUT2D eigenvalue weighted by atomic mass is 10.1. The van der Waals surface area contributed by atoms with Crippen LogP contribution < -0.4 is 14.8 Å². The Kier molecular flexibility index (Phi) is 6.90. The number of carbonyl (C=O) groups excluding carboxylic acids is 1. The first kappa shape index (κ1) is 22.6. The number of hydrogen-bond acceptors (Lipinski definition) is 4. The Bertz CT molecular complexity index is 1420. The molecule has 0 fully saturated rings. The number of carbonyl (C=O) groups is 1. The first-order chi connectivity index (χ1) is 16.6. The number of anilines is 1. The van der Waals surface area contributed by atoms with E-state index in [2.05, 4.69) is 29.6 Å². The first-order valence-corrected chi connectivity index (χ1v) is 10.8. The van der Waals surface area contributed by atoms with Crippen molar-refractivity contribution in [2.45, 2.75) is 13.5 Å². The summed E-state index contributed by atoms with van der Waals surface area (Å²) in [7, 11) is 1.56. The fourth-order valence-electron chi connectivity index (χ4n) is 3.62. The van der Waals surface area contributed by atoms with Crippen LogP contribution in [0.4, 0.5) is 5.69 Å². The van der Waals surface area contributed by atoms with Gasteiger partial charge in [-0.15, -0.1) is 0 Å². The van der Waals surface area contributed by atoms with E-state index >= 15 is 0 Å². The average molecular weight is 449 g/mol. The lowest BCUT2D eigenvalue weighted by Crippen LogP contribution is -2.13. The summed E-state index contributed by atoms with van der Waals surface area (Å²) in [6.45, 7) is 2.32. The molecule has 4 aromatic carbocycles. The number of amides is 1. The Morgan fingerprint density at radius 1 is 0.941 bits per heavy atom. The summed E-state index contributed by atoms with van der Waals surface area (Å²) in [5, 5.41) is 14.6. The number of methoxy groups -OCH3 is 1. The van der Waals surface area contributed by atoms with Crippen LogP contribution in [0.1, 0.15) is 16.7 Å². The molecule has 0 aliphatic carbocycles. The standard InChI is InChI=1S/C29H24N2O3/c1-20-6-5-9-26(14-20)31-29(32)25(18-30)15-21-11-13-27(28(17-21)33-2)34-19-22-10-12-23-7-3-4-8-24(23)16-22/h3-17H,19H2,1-2H3,(H,31,32)/b25-15-. The summed E-state index contributed by atoms with van der Waals surface area (Å²) in [5.41, 5.74) is 3.36. The van der Waals surface area contributed by atoms with E-state index in [0.29, 0.717) is 29.4 Å². The van der Waals surface area contributed by atoms with Crippen LogP contribution in [0, 0.1) is 18.3 Å². The summed E-state index contributed by atoms with van der Waals surface area (Å²) in [5.74, 6) is 0.630. The smallest absolute Gasteiger partial charge is 0.266 e. The lowest BCUT2D eigenvalue weighted by Gasteiger charge is -2.12. The molecule has 0 saturated heterocycles. The van der Waals surface area contributed by atoms with E-state index in [9.17, 15) is 10.1 Å². The Hall–Kier alpha value is -4.56. The molecule has 0 saturated carbocycles. The first-order valence-electron chi connectivity index (χ1n) is 10.8. The highest BCUT2D eigenvalue weighted by Gasteiger charge is 2.12. The molecule has 0 aliphatic rings. The summed E-state index contributed by atoms with van der Waals surface area (Å²) in [4.78, 5) is 12.6. The van der Waals surface area contributed by atoms with Gasteiger partial charge in [0.15, 0.2) is 11.5 Å². The van der Waals surface area contributed by atoms with E-state index in [1.54, 1.807) is 31.4 Å². The molecule has 0 heterocycles. The van der Waals surface area contributed by atoms with Crippen molar-refractivity contribution in [1.82, 2.24) is 0 Å².